The molecule has 0 unspecified atom stereocenters. The van der Waals surface area contributed by atoms with E-state index >= 15 is 0 Å². The van der Waals surface area contributed by atoms with Crippen LogP contribution in [0.4, 0.5) is 0 Å². The second-order valence-electron chi connectivity index (χ2n) is 10.3. The fourth-order valence-corrected chi connectivity index (χ4v) is 5.59. The number of nitrogens with zero attached hydrogens (tertiary/aromatic N) is 6. The van der Waals surface area contributed by atoms with Crippen molar-refractivity contribution in [2.75, 3.05) is 0 Å². The van der Waals surface area contributed by atoms with E-state index in [1.807, 2.05) is 97.1 Å². The summed E-state index contributed by atoms with van der Waals surface area (Å²) in [5.41, 5.74) is 6.45. The van der Waals surface area contributed by atoms with Crippen LogP contribution in [0.3, 0.4) is 0 Å². The van der Waals surface area contributed by atoms with E-state index in [0.717, 1.165) is 43.8 Å². The molecule has 0 saturated carbocycles. The molecule has 9 rings (SSSR count). The van der Waals surface area contributed by atoms with E-state index in [-0.39, 0.29) is 0 Å². The standard InChI is InChI=1S/C32H18N8.Co.H2NO3S/c1-2-10-18-17(9-1)25-33-26(18)38-28-21-13-5-6-14-22(21)30(35-28)40-32-24-16-8-7-15-23(24)31(36-32)39-29-20-12-4-3-11-19(20)27(34-29)37-25;;1-4-5(2)3/h1-16H,(H2,33,34,35,36,37,38,39,40);;1H2. The predicted octanol–water partition coefficient (Wildman–Crippen LogP) is 5.54. The third-order valence-electron chi connectivity index (χ3n) is 7.57. The molecule has 0 amide bonds. The molecular formula is C32H20CoN9O3S. The van der Waals surface area contributed by atoms with Crippen LogP contribution in [0.1, 0.15) is 0 Å². The predicted molar refractivity (Wildman–Crippen MR) is 170 cm³/mol. The van der Waals surface area contributed by atoms with E-state index in [1.54, 1.807) is 0 Å². The van der Waals surface area contributed by atoms with Crippen LogP contribution in [-0.2, 0) is 27.5 Å². The van der Waals surface area contributed by atoms with Gasteiger partial charge in [0, 0.05) is 43.8 Å². The van der Waals surface area contributed by atoms with E-state index in [1.165, 1.54) is 0 Å². The Morgan fingerprint density at radius 2 is 0.717 bits per heavy atom. The number of hydrogen-bond donors (Lipinski definition) is 3. The van der Waals surface area contributed by atoms with Gasteiger partial charge in [0.25, 0.3) is 0 Å². The van der Waals surface area contributed by atoms with Crippen molar-refractivity contribution in [2.24, 2.45) is 5.90 Å². The number of aromatic nitrogens is 8. The van der Waals surface area contributed by atoms with Gasteiger partial charge in [0.1, 0.15) is 22.6 Å². The van der Waals surface area contributed by atoms with Crippen molar-refractivity contribution in [1.29, 1.82) is 0 Å². The zero-order valence-corrected chi connectivity index (χ0v) is 25.3. The Labute approximate surface area is 267 Å². The molecule has 0 aliphatic carbocycles. The van der Waals surface area contributed by atoms with Crippen molar-refractivity contribution in [3.05, 3.63) is 97.1 Å². The third-order valence-corrected chi connectivity index (χ3v) is 8.09. The van der Waals surface area contributed by atoms with E-state index < -0.39 is 8.59 Å². The molecule has 2 aliphatic heterocycles. The molecule has 14 heteroatoms. The Morgan fingerprint density at radius 1 is 0.478 bits per heavy atom. The van der Waals surface area contributed by atoms with Crippen LogP contribution in [0.5, 0.6) is 0 Å². The van der Waals surface area contributed by atoms with Gasteiger partial charge in [0.15, 0.2) is 23.3 Å². The Bertz CT molecular complexity index is 2320. The zero-order valence-electron chi connectivity index (χ0n) is 23.5. The van der Waals surface area contributed by atoms with Crippen LogP contribution >= 0.6 is 0 Å². The smallest absolute Gasteiger partial charge is 0.164 e. The fourth-order valence-electron chi connectivity index (χ4n) is 5.59. The molecule has 4 N–H and O–H groups in total. The minimum absolute atomic E-state index is 0.597. The summed E-state index contributed by atoms with van der Waals surface area (Å²) in [4.78, 5) is 36.8. The van der Waals surface area contributed by atoms with Gasteiger partial charge in [-0.1, -0.05) is 97.1 Å². The van der Waals surface area contributed by atoms with Crippen molar-refractivity contribution in [1.82, 2.24) is 39.9 Å². The first-order chi connectivity index (χ1) is 22.4. The van der Waals surface area contributed by atoms with Gasteiger partial charge in [-0.3, -0.25) is 0 Å². The second-order valence-corrected chi connectivity index (χ2v) is 12.8. The normalized spacial score (nSPS) is 12.0. The maximum Gasteiger partial charge on any atom is 0.164 e. The number of hydrogen-bond acceptors (Lipinski definition) is 10. The van der Waals surface area contributed by atoms with Gasteiger partial charge in [0.2, 0.25) is 0 Å². The Hall–Kier alpha value is -5.38. The number of H-pyrrole nitrogens is 2. The summed E-state index contributed by atoms with van der Waals surface area (Å²) in [6.45, 7) is 0. The van der Waals surface area contributed by atoms with Gasteiger partial charge in [-0.25, -0.2) is 29.9 Å². The molecule has 2 aliphatic rings. The van der Waals surface area contributed by atoms with Crippen LogP contribution in [-0.4, -0.2) is 48.3 Å². The molecule has 5 heterocycles. The number of benzene rings is 4. The molecule has 0 saturated heterocycles. The largest absolute Gasteiger partial charge is 0.324 e. The van der Waals surface area contributed by atoms with Gasteiger partial charge in [-0.2, -0.15) is 0 Å². The van der Waals surface area contributed by atoms with Gasteiger partial charge in [-0.05, 0) is 0 Å². The topological polar surface area (TPSA) is 178 Å². The molecule has 0 fully saturated rings. The Morgan fingerprint density at radius 3 is 0.957 bits per heavy atom. The molecule has 7 aromatic rings. The van der Waals surface area contributed by atoms with Crippen LogP contribution in [0, 0.1) is 0 Å². The molecule has 46 heavy (non-hydrogen) atoms. The van der Waals surface area contributed by atoms with Crippen LogP contribution in [0.2, 0.25) is 0 Å². The summed E-state index contributed by atoms with van der Waals surface area (Å²) in [6.07, 6.45) is 0. The van der Waals surface area contributed by atoms with Gasteiger partial charge >= 0.3 is 41.8 Å². The molecule has 226 valence electrons. The minimum atomic E-state index is -3.70. The summed E-state index contributed by atoms with van der Waals surface area (Å²) >= 11 is 2.93. The van der Waals surface area contributed by atoms with E-state index in [9.17, 15) is 8.42 Å². The summed E-state index contributed by atoms with van der Waals surface area (Å²) in [5.74, 6) is 6.53. The number of nitrogens with two attached hydrogens (primary N) is 1. The molecule has 12 nitrogen and oxygen atoms in total. The SMILES string of the molecule is NO[S](=O)(=O)[Co].c1ccc2c(c1)-c1nc-2nc2[nH]c(nc3nc(nc4[nH]c(n1)c1ccccc41)-c1ccccc1-3)c1ccccc21. The third kappa shape index (κ3) is 4.90. The van der Waals surface area contributed by atoms with Crippen molar-refractivity contribution in [3.63, 3.8) is 0 Å². The first-order valence-electron chi connectivity index (χ1n) is 13.9. The molecular weight excluding hydrogens is 649 g/mol. The quantitative estimate of drug-likeness (QED) is 0.188. The molecule has 0 atom stereocenters. The van der Waals surface area contributed by atoms with Crippen molar-refractivity contribution < 1.29 is 27.3 Å². The van der Waals surface area contributed by atoms with E-state index in [0.29, 0.717) is 45.9 Å². The maximum absolute atomic E-state index is 9.51. The zero-order chi connectivity index (χ0) is 31.4. The number of rotatable bonds is 1. The summed E-state index contributed by atoms with van der Waals surface area (Å²) in [7, 11) is -3.70. The molecule has 4 aromatic carbocycles. The minimum Gasteiger partial charge on any atom is -0.324 e. The summed E-state index contributed by atoms with van der Waals surface area (Å²) < 4.78 is 22.3. The molecule has 3 aromatic heterocycles. The molecule has 0 radical (unpaired) electrons. The van der Waals surface area contributed by atoms with Gasteiger partial charge < -0.3 is 9.97 Å². The molecule has 0 spiro atoms. The fraction of sp³-hybridized carbons (Fsp3) is 0. The van der Waals surface area contributed by atoms with Crippen LogP contribution in [0.25, 0.3) is 89.7 Å². The number of aromatic amines is 2. The van der Waals surface area contributed by atoms with Gasteiger partial charge in [-0.15, -0.1) is 0 Å². The van der Waals surface area contributed by atoms with E-state index in [4.69, 9.17) is 29.9 Å². The van der Waals surface area contributed by atoms with Crippen molar-refractivity contribution >= 4 is 52.7 Å². The monoisotopic (exact) mass is 669 g/mol. The Balaban J connectivity index is 0.000000478. The van der Waals surface area contributed by atoms with Gasteiger partial charge in [0.05, 0.1) is 0 Å². The van der Waals surface area contributed by atoms with Crippen molar-refractivity contribution in [2.45, 2.75) is 0 Å². The van der Waals surface area contributed by atoms with Crippen molar-refractivity contribution in [3.8, 4) is 45.6 Å². The molecule has 8 bridgehead atoms. The number of nitrogens with one attached hydrogen (secondary N) is 2. The summed E-state index contributed by atoms with van der Waals surface area (Å²) in [5, 5.41) is 3.82. The number of fused-ring (bicyclic) bond motifs is 20. The second kappa shape index (κ2) is 10.9. The average molecular weight is 670 g/mol. The Kier molecular flexibility index (Phi) is 6.66. The average Bonchev–Trinajstić information content (AvgIpc) is 3.80. The van der Waals surface area contributed by atoms with Crippen LogP contribution in [0.15, 0.2) is 97.1 Å². The van der Waals surface area contributed by atoms with Crippen LogP contribution < -0.4 is 5.90 Å². The first kappa shape index (κ1) is 28.1. The first-order valence-corrected chi connectivity index (χ1v) is 16.4. The van der Waals surface area contributed by atoms with E-state index in [2.05, 4.69) is 34.8 Å². The summed E-state index contributed by atoms with van der Waals surface area (Å²) in [6, 6.07) is 32.2. The maximum atomic E-state index is 9.51.